The van der Waals surface area contributed by atoms with Gasteiger partial charge in [-0.3, -0.25) is 14.6 Å². The molecule has 1 aliphatic heterocycles. The molecular weight excluding hydrogens is 524 g/mol. The van der Waals surface area contributed by atoms with Crippen molar-refractivity contribution in [1.29, 1.82) is 0 Å². The maximum Gasteiger partial charge on any atom is 0.310 e. The van der Waals surface area contributed by atoms with Gasteiger partial charge in [0, 0.05) is 61.8 Å². The Balaban J connectivity index is 1.37. The van der Waals surface area contributed by atoms with Crippen molar-refractivity contribution < 1.29 is 14.3 Å². The number of pyridine rings is 1. The molecule has 1 aromatic heterocycles. The lowest BCUT2D eigenvalue weighted by Crippen LogP contribution is -2.49. The molecule has 1 aliphatic carbocycles. The maximum absolute atomic E-state index is 12.4. The van der Waals surface area contributed by atoms with Crippen LogP contribution in [0.4, 0.5) is 5.82 Å². The number of para-hydroxylation sites is 1. The van der Waals surface area contributed by atoms with E-state index in [-0.39, 0.29) is 24.5 Å². The van der Waals surface area contributed by atoms with Crippen molar-refractivity contribution in [3.05, 3.63) is 89.6 Å². The fourth-order valence-corrected chi connectivity index (χ4v) is 6.57. The van der Waals surface area contributed by atoms with Gasteiger partial charge in [-0.25, -0.2) is 4.98 Å². The summed E-state index contributed by atoms with van der Waals surface area (Å²) < 4.78 is 12.1. The van der Waals surface area contributed by atoms with Crippen LogP contribution in [0.1, 0.15) is 56.0 Å². The summed E-state index contributed by atoms with van der Waals surface area (Å²) >= 11 is 0. The Kier molecular flexibility index (Phi) is 8.13. The Labute approximate surface area is 248 Å². The number of esters is 1. The van der Waals surface area contributed by atoms with Crippen molar-refractivity contribution in [1.82, 2.24) is 14.8 Å². The number of hydrogen-bond donors (Lipinski definition) is 1. The van der Waals surface area contributed by atoms with Gasteiger partial charge in [0.05, 0.1) is 13.0 Å². The number of carbonyl (C=O) groups excluding carboxylic acids is 1. The third kappa shape index (κ3) is 5.59. The van der Waals surface area contributed by atoms with Gasteiger partial charge in [0.15, 0.2) is 0 Å². The van der Waals surface area contributed by atoms with Gasteiger partial charge in [0.25, 0.3) is 0 Å². The Bertz CT molecular complexity index is 1580. The van der Waals surface area contributed by atoms with E-state index < -0.39 is 0 Å². The molecular formula is C35H40N4O3. The normalized spacial score (nSPS) is 19.2. The largest absolute Gasteiger partial charge is 0.485 e. The van der Waals surface area contributed by atoms with E-state index >= 15 is 0 Å². The molecule has 1 saturated heterocycles. The lowest BCUT2D eigenvalue weighted by Gasteiger charge is -2.40. The number of nitrogen functional groups attached to an aromatic ring is 1. The van der Waals surface area contributed by atoms with Crippen LogP contribution in [-0.4, -0.2) is 59.6 Å². The lowest BCUT2D eigenvalue weighted by molar-refractivity contribution is -0.142. The van der Waals surface area contributed by atoms with Crippen molar-refractivity contribution >= 4 is 22.6 Å². The monoisotopic (exact) mass is 564 g/mol. The van der Waals surface area contributed by atoms with Crippen molar-refractivity contribution in [3.8, 4) is 16.9 Å². The van der Waals surface area contributed by atoms with E-state index in [4.69, 9.17) is 15.2 Å². The molecule has 2 atom stereocenters. The highest BCUT2D eigenvalue weighted by atomic mass is 16.5. The summed E-state index contributed by atoms with van der Waals surface area (Å²) in [5.74, 6) is 1.03. The van der Waals surface area contributed by atoms with Gasteiger partial charge in [0.1, 0.15) is 17.7 Å². The van der Waals surface area contributed by atoms with Gasteiger partial charge in [-0.1, -0.05) is 48.5 Å². The van der Waals surface area contributed by atoms with Crippen LogP contribution in [0.2, 0.25) is 0 Å². The van der Waals surface area contributed by atoms with Gasteiger partial charge in [-0.05, 0) is 66.6 Å². The number of benzene rings is 3. The molecule has 0 bridgehead atoms. The van der Waals surface area contributed by atoms with Gasteiger partial charge in [-0.15, -0.1) is 0 Å². The molecule has 0 amide bonds. The number of anilines is 1. The quantitative estimate of drug-likeness (QED) is 0.256. The minimum atomic E-state index is -0.242. The summed E-state index contributed by atoms with van der Waals surface area (Å²) in [6, 6.07) is 23.7. The highest BCUT2D eigenvalue weighted by Gasteiger charge is 2.38. The lowest BCUT2D eigenvalue weighted by atomic mass is 9.95. The molecule has 2 N–H and O–H groups in total. The number of fused-ring (bicyclic) bond motifs is 2. The number of ether oxygens (including phenoxy) is 2. The third-order valence-electron chi connectivity index (χ3n) is 8.78. The summed E-state index contributed by atoms with van der Waals surface area (Å²) in [6.07, 6.45) is 2.68. The fourth-order valence-electron chi connectivity index (χ4n) is 6.57. The molecule has 0 radical (unpaired) electrons. The Morgan fingerprint density at radius 3 is 2.57 bits per heavy atom. The summed E-state index contributed by atoms with van der Waals surface area (Å²) in [5, 5.41) is 2.04. The molecule has 7 heteroatoms. The predicted octanol–water partition coefficient (Wildman–Crippen LogP) is 6.18. The maximum atomic E-state index is 12.4. The first-order chi connectivity index (χ1) is 20.4. The average Bonchev–Trinajstić information content (AvgIpc) is 3.35. The standard InChI is InChI=1S/C35H40N4O3/c1-4-41-34(40)21-25-8-5-6-11-32(25)42-33-22-31(39-18-16-38(17-19-39)23(2)3)28-13-12-24(20-30(28)33)26-9-7-10-29-27(26)14-15-37-35(29)36/h5-15,20,23,31,33H,4,16-19,21-22H2,1-3H3,(H2,36,37). The van der Waals surface area contributed by atoms with Crippen LogP contribution in [0.15, 0.2) is 72.9 Å². The van der Waals surface area contributed by atoms with E-state index in [1.165, 1.54) is 11.1 Å². The van der Waals surface area contributed by atoms with E-state index in [1.54, 1.807) is 6.20 Å². The highest BCUT2D eigenvalue weighted by Crippen LogP contribution is 2.47. The van der Waals surface area contributed by atoms with Gasteiger partial charge >= 0.3 is 5.97 Å². The number of piperazine rings is 1. The van der Waals surface area contributed by atoms with E-state index in [0.29, 0.717) is 18.5 Å². The molecule has 0 saturated carbocycles. The zero-order valence-corrected chi connectivity index (χ0v) is 24.8. The summed E-state index contributed by atoms with van der Waals surface area (Å²) in [6.45, 7) is 10.9. The Hall–Kier alpha value is -3.94. The number of aromatic nitrogens is 1. The number of nitrogens with two attached hydrogens (primary N) is 1. The van der Waals surface area contributed by atoms with Crippen LogP contribution in [-0.2, 0) is 16.0 Å². The van der Waals surface area contributed by atoms with E-state index in [1.807, 2.05) is 49.4 Å². The van der Waals surface area contributed by atoms with Crippen LogP contribution >= 0.6 is 0 Å². The molecule has 1 fully saturated rings. The Morgan fingerprint density at radius 1 is 0.976 bits per heavy atom. The van der Waals surface area contributed by atoms with Crippen molar-refractivity contribution in [2.45, 2.75) is 51.8 Å². The number of nitrogens with zero attached hydrogens (tertiary/aromatic N) is 3. The van der Waals surface area contributed by atoms with Crippen LogP contribution in [0, 0.1) is 0 Å². The number of carbonyl (C=O) groups is 1. The van der Waals surface area contributed by atoms with Crippen molar-refractivity contribution in [2.75, 3.05) is 38.5 Å². The van der Waals surface area contributed by atoms with Crippen LogP contribution in [0.25, 0.3) is 21.9 Å². The van der Waals surface area contributed by atoms with Gasteiger partial charge in [-0.2, -0.15) is 0 Å². The molecule has 6 rings (SSSR count). The molecule has 3 aromatic carbocycles. The number of rotatable bonds is 8. The molecule has 42 heavy (non-hydrogen) atoms. The minimum absolute atomic E-state index is 0.141. The first-order valence-electron chi connectivity index (χ1n) is 15.1. The van der Waals surface area contributed by atoms with Crippen molar-refractivity contribution in [2.24, 2.45) is 0 Å². The molecule has 7 nitrogen and oxygen atoms in total. The molecule has 0 spiro atoms. The molecule has 4 aromatic rings. The zero-order chi connectivity index (χ0) is 29.2. The SMILES string of the molecule is CCOC(=O)Cc1ccccc1OC1CC(N2CCN(C(C)C)CC2)c2ccc(-c3cccc4c(N)nccc34)cc21. The smallest absolute Gasteiger partial charge is 0.310 e. The van der Waals surface area contributed by atoms with Crippen LogP contribution in [0.3, 0.4) is 0 Å². The topological polar surface area (TPSA) is 80.9 Å². The first-order valence-corrected chi connectivity index (χ1v) is 15.1. The average molecular weight is 565 g/mol. The second-order valence-electron chi connectivity index (χ2n) is 11.6. The van der Waals surface area contributed by atoms with Gasteiger partial charge < -0.3 is 15.2 Å². The second-order valence-corrected chi connectivity index (χ2v) is 11.6. The predicted molar refractivity (Wildman–Crippen MR) is 167 cm³/mol. The highest BCUT2D eigenvalue weighted by molar-refractivity contribution is 6.01. The molecule has 218 valence electrons. The van der Waals surface area contributed by atoms with E-state index in [9.17, 15) is 4.79 Å². The molecule has 2 unspecified atom stereocenters. The fraction of sp³-hybridized carbons (Fsp3) is 0.371. The summed E-state index contributed by atoms with van der Waals surface area (Å²) in [5.41, 5.74) is 11.9. The van der Waals surface area contributed by atoms with Crippen molar-refractivity contribution in [3.63, 3.8) is 0 Å². The summed E-state index contributed by atoms with van der Waals surface area (Å²) in [4.78, 5) is 21.8. The van der Waals surface area contributed by atoms with Gasteiger partial charge in [0.2, 0.25) is 0 Å². The van der Waals surface area contributed by atoms with Crippen LogP contribution < -0.4 is 10.5 Å². The second kappa shape index (κ2) is 12.1. The third-order valence-corrected chi connectivity index (χ3v) is 8.78. The van der Waals surface area contributed by atoms with Crippen LogP contribution in [0.5, 0.6) is 5.75 Å². The molecule has 2 heterocycles. The van der Waals surface area contributed by atoms with E-state index in [0.717, 1.165) is 65.8 Å². The first kappa shape index (κ1) is 28.2. The minimum Gasteiger partial charge on any atom is -0.485 e. The summed E-state index contributed by atoms with van der Waals surface area (Å²) in [7, 11) is 0. The molecule has 2 aliphatic rings. The zero-order valence-electron chi connectivity index (χ0n) is 24.8. The van der Waals surface area contributed by atoms with E-state index in [2.05, 4.69) is 52.9 Å². The Morgan fingerprint density at radius 2 is 1.79 bits per heavy atom. The number of hydrogen-bond acceptors (Lipinski definition) is 7.